The van der Waals surface area contributed by atoms with Crippen LogP contribution in [-0.2, 0) is 19.1 Å². The highest BCUT2D eigenvalue weighted by atomic mass is 16.5. The molecular formula is C17H17NO4. The zero-order valence-electron chi connectivity index (χ0n) is 12.6. The van der Waals surface area contributed by atoms with Gasteiger partial charge in [0.05, 0.1) is 25.0 Å². The number of nitrogens with zero attached hydrogens (tertiary/aromatic N) is 1. The minimum absolute atomic E-state index is 0.0658. The van der Waals surface area contributed by atoms with Crippen molar-refractivity contribution in [3.63, 3.8) is 0 Å². The molecule has 1 aromatic carbocycles. The van der Waals surface area contributed by atoms with Gasteiger partial charge in [-0.3, -0.25) is 4.79 Å². The summed E-state index contributed by atoms with van der Waals surface area (Å²) in [5.74, 6) is 3.52. The molecule has 0 aliphatic carbocycles. The minimum Gasteiger partial charge on any atom is -0.464 e. The van der Waals surface area contributed by atoms with Crippen molar-refractivity contribution >= 4 is 11.9 Å². The molecule has 0 radical (unpaired) electrons. The van der Waals surface area contributed by atoms with Gasteiger partial charge in [0.2, 0.25) is 0 Å². The van der Waals surface area contributed by atoms with Crippen LogP contribution in [-0.4, -0.2) is 25.2 Å². The molecule has 114 valence electrons. The van der Waals surface area contributed by atoms with Gasteiger partial charge in [-0.1, -0.05) is 24.1 Å². The van der Waals surface area contributed by atoms with E-state index < -0.39 is 17.9 Å². The molecular weight excluding hydrogens is 282 g/mol. The van der Waals surface area contributed by atoms with E-state index >= 15 is 0 Å². The lowest BCUT2D eigenvalue weighted by atomic mass is 9.96. The lowest BCUT2D eigenvalue weighted by Gasteiger charge is -2.12. The summed E-state index contributed by atoms with van der Waals surface area (Å²) in [6.07, 6.45) is 0.156. The molecule has 22 heavy (non-hydrogen) atoms. The summed E-state index contributed by atoms with van der Waals surface area (Å²) in [4.78, 5) is 23.2. The molecule has 0 heterocycles. The van der Waals surface area contributed by atoms with Gasteiger partial charge in [0.25, 0.3) is 0 Å². The first kappa shape index (κ1) is 17.3. The number of carbonyl (C=O) groups is 2. The van der Waals surface area contributed by atoms with E-state index in [1.165, 1.54) is 0 Å². The van der Waals surface area contributed by atoms with Crippen LogP contribution < -0.4 is 0 Å². The molecule has 1 aromatic rings. The molecule has 1 unspecified atom stereocenters. The molecule has 0 aliphatic heterocycles. The molecule has 0 saturated heterocycles. The van der Waals surface area contributed by atoms with Crippen molar-refractivity contribution in [3.05, 3.63) is 35.4 Å². The summed E-state index contributed by atoms with van der Waals surface area (Å²) in [5, 5.41) is 8.44. The Morgan fingerprint density at radius 3 is 2.68 bits per heavy atom. The van der Waals surface area contributed by atoms with E-state index in [4.69, 9.17) is 14.7 Å². The van der Waals surface area contributed by atoms with Crippen molar-refractivity contribution < 1.29 is 19.1 Å². The number of hydrogen-bond donors (Lipinski definition) is 0. The quantitative estimate of drug-likeness (QED) is 0.473. The average molecular weight is 299 g/mol. The Balaban J connectivity index is 2.89. The maximum absolute atomic E-state index is 11.9. The second-order valence-electron chi connectivity index (χ2n) is 4.36. The van der Waals surface area contributed by atoms with Crippen molar-refractivity contribution in [3.8, 4) is 17.9 Å². The van der Waals surface area contributed by atoms with Gasteiger partial charge in [-0.25, -0.2) is 4.79 Å². The van der Waals surface area contributed by atoms with Gasteiger partial charge < -0.3 is 9.47 Å². The van der Waals surface area contributed by atoms with Crippen molar-refractivity contribution in [2.24, 2.45) is 0 Å². The van der Waals surface area contributed by atoms with Crippen LogP contribution in [0.4, 0.5) is 0 Å². The average Bonchev–Trinajstić information content (AvgIpc) is 2.53. The summed E-state index contributed by atoms with van der Waals surface area (Å²) in [6.45, 7) is 3.72. The molecule has 0 bridgehead atoms. The highest BCUT2D eigenvalue weighted by Gasteiger charge is 2.19. The van der Waals surface area contributed by atoms with E-state index in [1.807, 2.05) is 6.07 Å². The second kappa shape index (κ2) is 9.20. The second-order valence-corrected chi connectivity index (χ2v) is 4.36. The van der Waals surface area contributed by atoms with Crippen LogP contribution in [0.3, 0.4) is 0 Å². The molecule has 0 saturated carbocycles. The Morgan fingerprint density at radius 1 is 1.27 bits per heavy atom. The van der Waals surface area contributed by atoms with Crippen LogP contribution in [0.15, 0.2) is 24.3 Å². The Hall–Kier alpha value is -2.79. The third kappa shape index (κ3) is 5.30. The molecule has 5 nitrogen and oxygen atoms in total. The van der Waals surface area contributed by atoms with E-state index in [-0.39, 0.29) is 19.6 Å². The fraction of sp³-hybridized carbons (Fsp3) is 0.353. The van der Waals surface area contributed by atoms with Gasteiger partial charge in [-0.15, -0.1) is 0 Å². The Morgan fingerprint density at radius 2 is 2.00 bits per heavy atom. The number of benzene rings is 1. The van der Waals surface area contributed by atoms with Crippen LogP contribution in [0.25, 0.3) is 0 Å². The SMILES string of the molecule is CCOC(=O)C#Cc1ccccc1C(C)C(=O)OCCC#N. The Kier molecular flexibility index (Phi) is 7.22. The molecule has 0 N–H and O–H groups in total. The summed E-state index contributed by atoms with van der Waals surface area (Å²) in [5.41, 5.74) is 1.24. The van der Waals surface area contributed by atoms with E-state index in [0.717, 1.165) is 0 Å². The maximum atomic E-state index is 11.9. The number of ether oxygens (including phenoxy) is 2. The molecule has 0 aromatic heterocycles. The summed E-state index contributed by atoms with van der Waals surface area (Å²) in [6, 6.07) is 8.94. The number of carbonyl (C=O) groups excluding carboxylic acids is 2. The molecule has 0 spiro atoms. The molecule has 1 atom stereocenters. The van der Waals surface area contributed by atoms with E-state index in [0.29, 0.717) is 11.1 Å². The number of nitriles is 1. The van der Waals surface area contributed by atoms with Crippen LogP contribution in [0.5, 0.6) is 0 Å². The highest BCUT2D eigenvalue weighted by molar-refractivity contribution is 5.89. The highest BCUT2D eigenvalue weighted by Crippen LogP contribution is 2.20. The largest absolute Gasteiger partial charge is 0.464 e. The number of hydrogen-bond acceptors (Lipinski definition) is 5. The lowest BCUT2D eigenvalue weighted by molar-refractivity contribution is -0.144. The summed E-state index contributed by atoms with van der Waals surface area (Å²) in [7, 11) is 0. The first-order valence-corrected chi connectivity index (χ1v) is 6.91. The van der Waals surface area contributed by atoms with Crippen molar-refractivity contribution in [1.29, 1.82) is 5.26 Å². The third-order valence-corrected chi connectivity index (χ3v) is 2.81. The van der Waals surface area contributed by atoms with Crippen LogP contribution in [0.2, 0.25) is 0 Å². The predicted octanol–water partition coefficient (Wildman–Crippen LogP) is 2.16. The van der Waals surface area contributed by atoms with Gasteiger partial charge in [0, 0.05) is 11.5 Å². The monoisotopic (exact) mass is 299 g/mol. The standard InChI is InChI=1S/C17H17NO4/c1-3-21-16(19)10-9-14-7-4-5-8-15(14)13(2)17(20)22-12-6-11-18/h4-5,7-8,13H,3,6,12H2,1-2H3. The molecule has 0 amide bonds. The van der Waals surface area contributed by atoms with Crippen LogP contribution in [0, 0.1) is 23.2 Å². The predicted molar refractivity (Wildman–Crippen MR) is 79.6 cm³/mol. The number of rotatable bonds is 5. The normalized spacial score (nSPS) is 10.6. The smallest absolute Gasteiger partial charge is 0.384 e. The van der Waals surface area contributed by atoms with Crippen molar-refractivity contribution in [1.82, 2.24) is 0 Å². The van der Waals surface area contributed by atoms with E-state index in [2.05, 4.69) is 11.8 Å². The summed E-state index contributed by atoms with van der Waals surface area (Å²) < 4.78 is 9.76. The number of esters is 2. The zero-order valence-corrected chi connectivity index (χ0v) is 12.6. The molecule has 0 aliphatic rings. The van der Waals surface area contributed by atoms with E-state index in [1.54, 1.807) is 38.1 Å². The topological polar surface area (TPSA) is 76.4 Å². The van der Waals surface area contributed by atoms with Crippen molar-refractivity contribution in [2.75, 3.05) is 13.2 Å². The van der Waals surface area contributed by atoms with Gasteiger partial charge >= 0.3 is 11.9 Å². The first-order valence-electron chi connectivity index (χ1n) is 6.91. The van der Waals surface area contributed by atoms with E-state index in [9.17, 15) is 9.59 Å². The molecule has 0 fully saturated rings. The Bertz CT molecular complexity index is 634. The van der Waals surface area contributed by atoms with Crippen LogP contribution >= 0.6 is 0 Å². The van der Waals surface area contributed by atoms with Gasteiger partial charge in [0.15, 0.2) is 0 Å². The van der Waals surface area contributed by atoms with Crippen LogP contribution in [0.1, 0.15) is 37.3 Å². The third-order valence-electron chi connectivity index (χ3n) is 2.81. The Labute approximate surface area is 129 Å². The van der Waals surface area contributed by atoms with Crippen molar-refractivity contribution in [2.45, 2.75) is 26.2 Å². The lowest BCUT2D eigenvalue weighted by Crippen LogP contribution is -2.15. The van der Waals surface area contributed by atoms with Gasteiger partial charge in [-0.2, -0.15) is 5.26 Å². The van der Waals surface area contributed by atoms with Gasteiger partial charge in [-0.05, 0) is 25.5 Å². The molecule has 1 rings (SSSR count). The molecule has 5 heteroatoms. The fourth-order valence-corrected chi connectivity index (χ4v) is 1.72. The zero-order chi connectivity index (χ0) is 16.4. The maximum Gasteiger partial charge on any atom is 0.384 e. The summed E-state index contributed by atoms with van der Waals surface area (Å²) >= 11 is 0. The fourth-order valence-electron chi connectivity index (χ4n) is 1.72. The first-order chi connectivity index (χ1) is 10.6. The minimum atomic E-state index is -0.610. The van der Waals surface area contributed by atoms with Gasteiger partial charge in [0.1, 0.15) is 6.61 Å².